The van der Waals surface area contributed by atoms with Gasteiger partial charge in [0.25, 0.3) is 0 Å². The van der Waals surface area contributed by atoms with E-state index >= 15 is 0 Å². The van der Waals surface area contributed by atoms with Crippen molar-refractivity contribution in [2.24, 2.45) is 5.73 Å². The van der Waals surface area contributed by atoms with Crippen molar-refractivity contribution in [1.82, 2.24) is 5.32 Å². The maximum absolute atomic E-state index is 10.8. The number of carbonyl (C=O) groups excluding carboxylic acids is 1. The van der Waals surface area contributed by atoms with E-state index in [1.165, 1.54) is 0 Å². The summed E-state index contributed by atoms with van der Waals surface area (Å²) in [5.74, 6) is 0.0831. The van der Waals surface area contributed by atoms with Gasteiger partial charge in [0.2, 0.25) is 5.91 Å². The van der Waals surface area contributed by atoms with Crippen LogP contribution in [0.4, 0.5) is 0 Å². The number of hydrogen-bond donors (Lipinski definition) is 2. The minimum absolute atomic E-state index is 0. The van der Waals surface area contributed by atoms with E-state index in [4.69, 9.17) is 15.2 Å². The Bertz CT molecular complexity index is 404. The van der Waals surface area contributed by atoms with Crippen LogP contribution in [0.3, 0.4) is 0 Å². The Morgan fingerprint density at radius 3 is 1.73 bits per heavy atom. The van der Waals surface area contributed by atoms with Gasteiger partial charge in [-0.3, -0.25) is 4.79 Å². The van der Waals surface area contributed by atoms with Crippen molar-refractivity contribution in [2.75, 3.05) is 13.2 Å². The second-order valence-corrected chi connectivity index (χ2v) is 7.62. The molecule has 3 N–H and O–H groups in total. The monoisotopic (exact) mass is 312 g/mol. The molecule has 22 heavy (non-hydrogen) atoms. The molecule has 0 aliphatic heterocycles. The fraction of sp³-hybridized carbons (Fsp3) is 0.941. The molecule has 6 aliphatic carbocycles. The normalized spacial score (nSPS) is 45.5. The second kappa shape index (κ2) is 5.46. The minimum atomic E-state index is 0. The van der Waals surface area contributed by atoms with Crippen LogP contribution in [0.25, 0.3) is 0 Å². The van der Waals surface area contributed by atoms with Crippen molar-refractivity contribution in [2.45, 2.75) is 89.0 Å². The zero-order chi connectivity index (χ0) is 15.4. The van der Waals surface area contributed by atoms with E-state index in [-0.39, 0.29) is 35.6 Å². The summed E-state index contributed by atoms with van der Waals surface area (Å²) in [6.07, 6.45) is 6.38. The highest BCUT2D eigenvalue weighted by molar-refractivity contribution is 5.74. The maximum Gasteiger partial charge on any atom is 0.217 e. The van der Waals surface area contributed by atoms with Crippen molar-refractivity contribution in [3.8, 4) is 0 Å². The van der Waals surface area contributed by atoms with E-state index < -0.39 is 0 Å². The summed E-state index contributed by atoms with van der Waals surface area (Å²) in [4.78, 5) is 10.8. The lowest BCUT2D eigenvalue weighted by Crippen LogP contribution is -2.79. The number of amides is 1. The summed E-state index contributed by atoms with van der Waals surface area (Å²) in [6.45, 7) is 7.27. The number of hydrogen-bond acceptors (Lipinski definition) is 4. The molecule has 5 heteroatoms. The Hall–Kier alpha value is -0.650. The molecule has 0 unspecified atom stereocenters. The summed E-state index contributed by atoms with van der Waals surface area (Å²) < 4.78 is 11.1. The first-order valence-corrected chi connectivity index (χ1v) is 8.14. The van der Waals surface area contributed by atoms with E-state index in [2.05, 4.69) is 5.32 Å². The van der Waals surface area contributed by atoms with Gasteiger partial charge in [0.05, 0.1) is 11.2 Å². The van der Waals surface area contributed by atoms with E-state index in [1.54, 1.807) is 6.92 Å². The Kier molecular flexibility index (Phi) is 4.39. The van der Waals surface area contributed by atoms with Crippen LogP contribution in [0.5, 0.6) is 0 Å². The van der Waals surface area contributed by atoms with Gasteiger partial charge in [-0.1, -0.05) is 7.43 Å². The summed E-state index contributed by atoms with van der Waals surface area (Å²) in [5.41, 5.74) is 6.56. The minimum Gasteiger partial charge on any atom is -0.375 e. The first-order valence-electron chi connectivity index (χ1n) is 8.14. The van der Waals surface area contributed by atoms with Crippen molar-refractivity contribution >= 4 is 5.91 Å². The van der Waals surface area contributed by atoms with Crippen LogP contribution < -0.4 is 11.1 Å². The third-order valence-corrected chi connectivity index (χ3v) is 5.35. The number of nitrogens with two attached hydrogens (primary N) is 1. The highest BCUT2D eigenvalue weighted by atomic mass is 16.5. The molecule has 1 amide bonds. The molecule has 6 aliphatic rings. The van der Waals surface area contributed by atoms with Crippen molar-refractivity contribution in [1.29, 1.82) is 0 Å². The summed E-state index contributed by atoms with van der Waals surface area (Å²) in [7, 11) is 0. The van der Waals surface area contributed by atoms with Gasteiger partial charge in [-0.05, 0) is 52.4 Å². The first kappa shape index (κ1) is 17.7. The third-order valence-electron chi connectivity index (χ3n) is 5.35. The summed E-state index contributed by atoms with van der Waals surface area (Å²) in [6, 6.07) is 0. The fourth-order valence-electron chi connectivity index (χ4n) is 4.89. The average Bonchev–Trinajstić information content (AvgIpc) is 2.22. The molecule has 6 fully saturated rings. The van der Waals surface area contributed by atoms with E-state index in [9.17, 15) is 4.79 Å². The Morgan fingerprint density at radius 1 is 1.00 bits per heavy atom. The van der Waals surface area contributed by atoms with Crippen LogP contribution in [-0.2, 0) is 14.3 Å². The zero-order valence-corrected chi connectivity index (χ0v) is 13.5. The summed E-state index contributed by atoms with van der Waals surface area (Å²) >= 11 is 0. The highest BCUT2D eigenvalue weighted by Gasteiger charge is 2.69. The van der Waals surface area contributed by atoms with Crippen molar-refractivity contribution in [3.63, 3.8) is 0 Å². The lowest BCUT2D eigenvalue weighted by Gasteiger charge is -2.69. The number of ether oxygens (including phenoxy) is 2. The molecule has 0 aromatic heterocycles. The van der Waals surface area contributed by atoms with Crippen LogP contribution in [0.2, 0.25) is 0 Å². The summed E-state index contributed by atoms with van der Waals surface area (Å²) in [5, 5.41) is 2.99. The smallest absolute Gasteiger partial charge is 0.217 e. The molecular formula is C17H32N2O3. The average molecular weight is 312 g/mol. The Balaban J connectivity index is 0.000000159. The van der Waals surface area contributed by atoms with Gasteiger partial charge in [-0.15, -0.1) is 0 Å². The first-order chi connectivity index (χ1) is 9.78. The predicted molar refractivity (Wildman–Crippen MR) is 86.6 cm³/mol. The van der Waals surface area contributed by atoms with Crippen LogP contribution in [-0.4, -0.2) is 41.4 Å². The molecule has 6 saturated carbocycles. The largest absolute Gasteiger partial charge is 0.375 e. The van der Waals surface area contributed by atoms with Crippen LogP contribution in [0.1, 0.15) is 66.7 Å². The lowest BCUT2D eigenvalue weighted by atomic mass is 9.46. The van der Waals surface area contributed by atoms with Crippen LogP contribution in [0.15, 0.2) is 0 Å². The van der Waals surface area contributed by atoms with Crippen molar-refractivity contribution in [3.05, 3.63) is 0 Å². The quantitative estimate of drug-likeness (QED) is 0.815. The Morgan fingerprint density at radius 2 is 1.41 bits per heavy atom. The SMILES string of the molecule is C.CCOC12CC(N)(C1)C2.CCOC12CC(NC(C)=O)(C1)C2. The van der Waals surface area contributed by atoms with Crippen LogP contribution >= 0.6 is 0 Å². The zero-order valence-electron chi connectivity index (χ0n) is 13.5. The topological polar surface area (TPSA) is 73.6 Å². The highest BCUT2D eigenvalue weighted by Crippen LogP contribution is 2.62. The van der Waals surface area contributed by atoms with E-state index in [0.717, 1.165) is 51.7 Å². The second-order valence-electron chi connectivity index (χ2n) is 7.62. The van der Waals surface area contributed by atoms with Gasteiger partial charge in [-0.2, -0.15) is 0 Å². The van der Waals surface area contributed by atoms with Gasteiger partial charge in [-0.25, -0.2) is 0 Å². The molecule has 0 atom stereocenters. The number of rotatable bonds is 5. The number of carbonyl (C=O) groups is 1. The van der Waals surface area contributed by atoms with Gasteiger partial charge < -0.3 is 20.5 Å². The molecule has 0 aromatic carbocycles. The van der Waals surface area contributed by atoms with Gasteiger partial charge >= 0.3 is 0 Å². The Labute approximate surface area is 134 Å². The van der Waals surface area contributed by atoms with E-state index in [0.29, 0.717) is 0 Å². The molecular weight excluding hydrogens is 280 g/mol. The maximum atomic E-state index is 10.8. The molecule has 0 heterocycles. The molecule has 128 valence electrons. The van der Waals surface area contributed by atoms with E-state index in [1.807, 2.05) is 13.8 Å². The number of nitrogens with one attached hydrogen (secondary N) is 1. The van der Waals surface area contributed by atoms with Crippen molar-refractivity contribution < 1.29 is 14.3 Å². The standard InChI is InChI=1S/C9H15NO2.C7H13NO.CH4/c1-3-12-9-4-8(5-9,6-9)10-7(2)11;1-2-9-7-3-6(8,4-7)5-7;/h3-6H2,1-2H3,(H,10,11);2-5,8H2,1H3;1H4. The molecule has 0 radical (unpaired) electrons. The van der Waals surface area contributed by atoms with Gasteiger partial charge in [0.1, 0.15) is 0 Å². The van der Waals surface area contributed by atoms with Gasteiger partial charge in [0, 0.05) is 31.2 Å². The van der Waals surface area contributed by atoms with Gasteiger partial charge in [0.15, 0.2) is 0 Å². The molecule has 5 nitrogen and oxygen atoms in total. The third kappa shape index (κ3) is 2.79. The molecule has 6 rings (SSSR count). The fourth-order valence-corrected chi connectivity index (χ4v) is 4.89. The van der Waals surface area contributed by atoms with Crippen LogP contribution in [0, 0.1) is 0 Å². The molecule has 0 aromatic rings. The molecule has 0 spiro atoms. The molecule has 0 saturated heterocycles. The predicted octanol–water partition coefficient (Wildman–Crippen LogP) is 2.13. The molecule has 4 bridgehead atoms. The lowest BCUT2D eigenvalue weighted by molar-refractivity contribution is -0.247.